The van der Waals surface area contributed by atoms with Gasteiger partial charge >= 0.3 is 5.97 Å². The van der Waals surface area contributed by atoms with Crippen LogP contribution in [0.5, 0.6) is 0 Å². The van der Waals surface area contributed by atoms with Crippen LogP contribution in [-0.2, 0) is 25.9 Å². The number of rotatable bonds is 5. The van der Waals surface area contributed by atoms with Crippen molar-refractivity contribution in [2.24, 2.45) is 4.99 Å². The Labute approximate surface area is 174 Å². The zero-order valence-corrected chi connectivity index (χ0v) is 17.5. The van der Waals surface area contributed by atoms with Gasteiger partial charge in [0.25, 0.3) is 5.91 Å². The standard InChI is InChI=1S/C19H16F2N2O5S2/c1-3-30(26,27)15-7-5-4-6-12(15)18(25)22-19-23(10-16(24)28-2)17-13(21)8-11(20)9-14(17)29-19/h4-9H,3,10H2,1-2H3. The van der Waals surface area contributed by atoms with Gasteiger partial charge in [0.2, 0.25) is 0 Å². The molecule has 30 heavy (non-hydrogen) atoms. The van der Waals surface area contributed by atoms with E-state index < -0.39 is 39.9 Å². The van der Waals surface area contributed by atoms with Gasteiger partial charge in [0.05, 0.1) is 33.5 Å². The molecule has 11 heteroatoms. The average molecular weight is 454 g/mol. The summed E-state index contributed by atoms with van der Waals surface area (Å²) in [6, 6.07) is 7.28. The average Bonchev–Trinajstić information content (AvgIpc) is 3.04. The van der Waals surface area contributed by atoms with Gasteiger partial charge < -0.3 is 9.30 Å². The van der Waals surface area contributed by atoms with Crippen molar-refractivity contribution in [3.8, 4) is 0 Å². The maximum absolute atomic E-state index is 14.4. The summed E-state index contributed by atoms with van der Waals surface area (Å²) in [6.07, 6.45) is 0. The number of carbonyl (C=O) groups excluding carboxylic acids is 2. The highest BCUT2D eigenvalue weighted by atomic mass is 32.2. The van der Waals surface area contributed by atoms with Crippen molar-refractivity contribution in [2.45, 2.75) is 18.4 Å². The Morgan fingerprint density at radius 3 is 2.57 bits per heavy atom. The summed E-state index contributed by atoms with van der Waals surface area (Å²) < 4.78 is 58.4. The van der Waals surface area contributed by atoms with E-state index in [4.69, 9.17) is 0 Å². The van der Waals surface area contributed by atoms with Crippen LogP contribution in [0.25, 0.3) is 10.2 Å². The number of nitrogens with zero attached hydrogens (tertiary/aromatic N) is 2. The summed E-state index contributed by atoms with van der Waals surface area (Å²) in [4.78, 5) is 28.2. The molecule has 0 aliphatic rings. The van der Waals surface area contributed by atoms with Crippen molar-refractivity contribution < 1.29 is 31.5 Å². The number of hydrogen-bond acceptors (Lipinski definition) is 6. The number of fused-ring (bicyclic) bond motifs is 1. The first-order valence-electron chi connectivity index (χ1n) is 8.64. The highest BCUT2D eigenvalue weighted by Gasteiger charge is 2.21. The molecule has 0 atom stereocenters. The number of methoxy groups -OCH3 is 1. The predicted molar refractivity (Wildman–Crippen MR) is 106 cm³/mol. The van der Waals surface area contributed by atoms with Gasteiger partial charge in [-0.05, 0) is 18.2 Å². The molecule has 1 amide bonds. The third-order valence-corrected chi connectivity index (χ3v) is 7.05. The summed E-state index contributed by atoms with van der Waals surface area (Å²) in [5, 5.41) is 0. The van der Waals surface area contributed by atoms with Gasteiger partial charge in [-0.25, -0.2) is 17.2 Å². The first-order chi connectivity index (χ1) is 14.2. The Bertz CT molecular complexity index is 1330. The molecule has 7 nitrogen and oxygen atoms in total. The molecule has 1 aromatic heterocycles. The van der Waals surface area contributed by atoms with Gasteiger partial charge in [0.15, 0.2) is 20.5 Å². The lowest BCUT2D eigenvalue weighted by Crippen LogP contribution is -2.23. The van der Waals surface area contributed by atoms with E-state index in [2.05, 4.69) is 9.73 Å². The summed E-state index contributed by atoms with van der Waals surface area (Å²) in [7, 11) is -2.56. The second-order valence-electron chi connectivity index (χ2n) is 6.10. The van der Waals surface area contributed by atoms with Crippen molar-refractivity contribution in [3.63, 3.8) is 0 Å². The molecular weight excluding hydrogens is 438 g/mol. The molecule has 0 fully saturated rings. The molecule has 3 aromatic rings. The van der Waals surface area contributed by atoms with Crippen molar-refractivity contribution >= 4 is 43.3 Å². The lowest BCUT2D eigenvalue weighted by Gasteiger charge is -2.06. The topological polar surface area (TPSA) is 94.8 Å². The number of carbonyl (C=O) groups is 2. The van der Waals surface area contributed by atoms with Crippen molar-refractivity contribution in [1.29, 1.82) is 0 Å². The maximum Gasteiger partial charge on any atom is 0.325 e. The number of sulfone groups is 1. The van der Waals surface area contributed by atoms with Crippen LogP contribution in [0.2, 0.25) is 0 Å². The lowest BCUT2D eigenvalue weighted by atomic mass is 10.2. The van der Waals surface area contributed by atoms with Crippen LogP contribution in [0.15, 0.2) is 46.3 Å². The minimum absolute atomic E-state index is 0.103. The number of benzene rings is 2. The fourth-order valence-corrected chi connectivity index (χ4v) is 4.93. The van der Waals surface area contributed by atoms with Gasteiger partial charge in [0.1, 0.15) is 12.4 Å². The predicted octanol–water partition coefficient (Wildman–Crippen LogP) is 2.69. The van der Waals surface area contributed by atoms with Crippen LogP contribution in [0, 0.1) is 11.6 Å². The Hall–Kier alpha value is -2.92. The Morgan fingerprint density at radius 2 is 1.90 bits per heavy atom. The molecule has 0 radical (unpaired) electrons. The third kappa shape index (κ3) is 4.17. The first-order valence-corrected chi connectivity index (χ1v) is 11.1. The van der Waals surface area contributed by atoms with E-state index in [-0.39, 0.29) is 31.2 Å². The van der Waals surface area contributed by atoms with Crippen LogP contribution in [-0.4, -0.2) is 37.7 Å². The molecule has 0 saturated carbocycles. The number of ether oxygens (including phenoxy) is 1. The molecule has 3 rings (SSSR count). The second-order valence-corrected chi connectivity index (χ2v) is 9.35. The van der Waals surface area contributed by atoms with Crippen molar-refractivity contribution in [2.75, 3.05) is 12.9 Å². The molecule has 2 aromatic carbocycles. The van der Waals surface area contributed by atoms with E-state index in [1.54, 1.807) is 0 Å². The number of halogens is 2. The number of thiazole rings is 1. The minimum atomic E-state index is -3.70. The molecular formula is C19H16F2N2O5S2. The van der Waals surface area contributed by atoms with Crippen molar-refractivity contribution in [3.05, 3.63) is 58.4 Å². The molecule has 1 heterocycles. The van der Waals surface area contributed by atoms with E-state index in [0.29, 0.717) is 6.07 Å². The maximum atomic E-state index is 14.4. The van der Waals surface area contributed by atoms with Gasteiger partial charge in [-0.3, -0.25) is 9.59 Å². The summed E-state index contributed by atoms with van der Waals surface area (Å²) in [6.45, 7) is 0.974. The van der Waals surface area contributed by atoms with Crippen molar-refractivity contribution in [1.82, 2.24) is 4.57 Å². The first kappa shape index (κ1) is 21.8. The van der Waals surface area contributed by atoms with Crippen LogP contribution >= 0.6 is 11.3 Å². The largest absolute Gasteiger partial charge is 0.468 e. The Kier molecular flexibility index (Phi) is 6.13. The quantitative estimate of drug-likeness (QED) is 0.553. The van der Waals surface area contributed by atoms with Crippen LogP contribution < -0.4 is 4.80 Å². The number of hydrogen-bond donors (Lipinski definition) is 0. The lowest BCUT2D eigenvalue weighted by molar-refractivity contribution is -0.141. The van der Waals surface area contributed by atoms with Crippen LogP contribution in [0.1, 0.15) is 17.3 Å². The minimum Gasteiger partial charge on any atom is -0.468 e. The van der Waals surface area contributed by atoms with Gasteiger partial charge in [-0.15, -0.1) is 0 Å². The molecule has 0 aliphatic heterocycles. The van der Waals surface area contributed by atoms with Crippen LogP contribution in [0.4, 0.5) is 8.78 Å². The summed E-state index contributed by atoms with van der Waals surface area (Å²) in [5.74, 6) is -3.61. The van der Waals surface area contributed by atoms with Gasteiger partial charge in [-0.2, -0.15) is 4.99 Å². The molecule has 0 N–H and O–H groups in total. The van der Waals surface area contributed by atoms with Crippen LogP contribution in [0.3, 0.4) is 0 Å². The summed E-state index contributed by atoms with van der Waals surface area (Å²) >= 11 is 0.785. The molecule has 0 bridgehead atoms. The van der Waals surface area contributed by atoms with E-state index in [9.17, 15) is 26.8 Å². The normalized spacial score (nSPS) is 12.3. The monoisotopic (exact) mass is 454 g/mol. The van der Waals surface area contributed by atoms with E-state index in [0.717, 1.165) is 29.1 Å². The zero-order chi connectivity index (χ0) is 22.1. The summed E-state index contributed by atoms with van der Waals surface area (Å²) in [5.41, 5.74) is -0.277. The highest BCUT2D eigenvalue weighted by Crippen LogP contribution is 2.23. The fraction of sp³-hybridized carbons (Fsp3) is 0.211. The van der Waals surface area contributed by atoms with E-state index >= 15 is 0 Å². The Morgan fingerprint density at radius 1 is 1.20 bits per heavy atom. The van der Waals surface area contributed by atoms with E-state index in [1.807, 2.05) is 0 Å². The molecule has 158 valence electrons. The third-order valence-electron chi connectivity index (χ3n) is 4.24. The smallest absolute Gasteiger partial charge is 0.325 e. The molecule has 0 spiro atoms. The molecule has 0 aliphatic carbocycles. The van der Waals surface area contributed by atoms with E-state index in [1.165, 1.54) is 31.2 Å². The number of amides is 1. The highest BCUT2D eigenvalue weighted by molar-refractivity contribution is 7.91. The Balaban J connectivity index is 2.25. The number of esters is 1. The number of aromatic nitrogens is 1. The fourth-order valence-electron chi connectivity index (χ4n) is 2.77. The second kappa shape index (κ2) is 8.44. The van der Waals surface area contributed by atoms with Gasteiger partial charge in [-0.1, -0.05) is 30.4 Å². The van der Waals surface area contributed by atoms with Gasteiger partial charge in [0, 0.05) is 6.07 Å². The SMILES string of the molecule is CCS(=O)(=O)c1ccccc1C(=O)N=c1sc2cc(F)cc(F)c2n1CC(=O)OC. The molecule has 0 saturated heterocycles. The zero-order valence-electron chi connectivity index (χ0n) is 15.9. The molecule has 0 unspecified atom stereocenters.